The van der Waals surface area contributed by atoms with Crippen LogP contribution in [0.1, 0.15) is 56.7 Å². The first-order chi connectivity index (χ1) is 16.9. The summed E-state index contributed by atoms with van der Waals surface area (Å²) in [5.41, 5.74) is 1.75. The van der Waals surface area contributed by atoms with Gasteiger partial charge in [-0.05, 0) is 62.4 Å². The number of carbonyl (C=O) groups is 3. The van der Waals surface area contributed by atoms with Gasteiger partial charge >= 0.3 is 11.9 Å². The molecule has 1 aliphatic rings. The van der Waals surface area contributed by atoms with Gasteiger partial charge in [-0.3, -0.25) is 4.79 Å². The molecule has 3 aromatic rings. The van der Waals surface area contributed by atoms with Gasteiger partial charge in [-0.1, -0.05) is 12.1 Å². The van der Waals surface area contributed by atoms with E-state index in [0.717, 1.165) is 36.1 Å². The molecule has 0 unspecified atom stereocenters. The number of thiophene rings is 1. The first kappa shape index (κ1) is 24.0. The Morgan fingerprint density at radius 2 is 2.03 bits per heavy atom. The van der Waals surface area contributed by atoms with Crippen LogP contribution in [0.25, 0.3) is 17.4 Å². The van der Waals surface area contributed by atoms with Crippen LogP contribution < -0.4 is 5.32 Å². The molecule has 178 valence electrons. The number of nitrogens with zero attached hydrogens (tertiary/aromatic N) is 1. The minimum atomic E-state index is -1.06. The molecule has 2 N–H and O–H groups in total. The third kappa shape index (κ3) is 5.18. The third-order valence-corrected chi connectivity index (χ3v) is 6.76. The maximum atomic E-state index is 12.9. The molecular weight excluding hydrogens is 468 g/mol. The number of nitrogens with one attached hydrogen (secondary N) is 1. The second-order valence-corrected chi connectivity index (χ2v) is 8.95. The molecule has 1 amide bonds. The Kier molecular flexibility index (Phi) is 7.13. The van der Waals surface area contributed by atoms with Gasteiger partial charge in [-0.25, -0.2) is 9.59 Å². The van der Waals surface area contributed by atoms with Gasteiger partial charge in [-0.2, -0.15) is 5.26 Å². The minimum Gasteiger partial charge on any atom is -0.478 e. The summed E-state index contributed by atoms with van der Waals surface area (Å²) < 4.78 is 10.9. The summed E-state index contributed by atoms with van der Waals surface area (Å²) in [5, 5.41) is 21.9. The van der Waals surface area contributed by atoms with E-state index in [4.69, 9.17) is 9.15 Å². The van der Waals surface area contributed by atoms with Crippen molar-refractivity contribution in [1.29, 1.82) is 5.26 Å². The van der Waals surface area contributed by atoms with E-state index in [1.807, 2.05) is 6.07 Å². The SMILES string of the molecule is CCOC(=O)c1c(NC(=O)/C(C#N)=C/c2ccc(-c3cccc(C(=O)O)c3)o2)sc2c1CCCC2. The Labute approximate surface area is 205 Å². The van der Waals surface area contributed by atoms with Crippen LogP contribution in [0.3, 0.4) is 0 Å². The number of aryl methyl sites for hydroxylation is 1. The van der Waals surface area contributed by atoms with Crippen LogP contribution in [-0.2, 0) is 22.4 Å². The van der Waals surface area contributed by atoms with E-state index < -0.39 is 17.8 Å². The molecule has 0 saturated heterocycles. The molecule has 0 atom stereocenters. The largest absolute Gasteiger partial charge is 0.478 e. The van der Waals surface area contributed by atoms with Crippen molar-refractivity contribution in [1.82, 2.24) is 0 Å². The average molecular weight is 491 g/mol. The number of amides is 1. The van der Waals surface area contributed by atoms with E-state index in [1.165, 1.54) is 29.5 Å². The summed E-state index contributed by atoms with van der Waals surface area (Å²) in [6, 6.07) is 11.3. The highest BCUT2D eigenvalue weighted by Crippen LogP contribution is 2.39. The average Bonchev–Trinajstić information content (AvgIpc) is 3.47. The lowest BCUT2D eigenvalue weighted by molar-refractivity contribution is -0.112. The van der Waals surface area contributed by atoms with Crippen molar-refractivity contribution in [2.24, 2.45) is 0 Å². The molecule has 0 bridgehead atoms. The summed E-state index contributed by atoms with van der Waals surface area (Å²) in [4.78, 5) is 37.8. The summed E-state index contributed by atoms with van der Waals surface area (Å²) >= 11 is 1.34. The highest BCUT2D eigenvalue weighted by Gasteiger charge is 2.28. The topological polar surface area (TPSA) is 130 Å². The molecule has 0 fully saturated rings. The molecule has 0 saturated carbocycles. The zero-order valence-corrected chi connectivity index (χ0v) is 19.7. The van der Waals surface area contributed by atoms with Gasteiger partial charge in [0.1, 0.15) is 28.2 Å². The van der Waals surface area contributed by atoms with Crippen LogP contribution >= 0.6 is 11.3 Å². The molecule has 4 rings (SSSR count). The number of esters is 1. The van der Waals surface area contributed by atoms with Crippen LogP contribution in [0.4, 0.5) is 5.00 Å². The van der Waals surface area contributed by atoms with Gasteiger partial charge in [0.15, 0.2) is 0 Å². The molecule has 0 radical (unpaired) electrons. The van der Waals surface area contributed by atoms with Crippen LogP contribution in [0.15, 0.2) is 46.4 Å². The molecule has 2 heterocycles. The molecule has 8 nitrogen and oxygen atoms in total. The van der Waals surface area contributed by atoms with Gasteiger partial charge in [0.05, 0.1) is 17.7 Å². The number of furan rings is 1. The van der Waals surface area contributed by atoms with Crippen LogP contribution in [0.2, 0.25) is 0 Å². The number of carboxylic acids is 1. The number of nitriles is 1. The lowest BCUT2D eigenvalue weighted by Crippen LogP contribution is -2.16. The van der Waals surface area contributed by atoms with Crippen LogP contribution in [0, 0.1) is 11.3 Å². The van der Waals surface area contributed by atoms with Gasteiger partial charge in [-0.15, -0.1) is 11.3 Å². The molecular formula is C26H22N2O6S. The highest BCUT2D eigenvalue weighted by atomic mass is 32.1. The molecule has 1 aromatic carbocycles. The normalized spacial score (nSPS) is 13.0. The van der Waals surface area contributed by atoms with Gasteiger partial charge < -0.3 is 19.6 Å². The molecule has 0 aliphatic heterocycles. The smallest absolute Gasteiger partial charge is 0.341 e. The standard InChI is InChI=1S/C26H22N2O6S/c1-2-33-26(32)22-19-8-3-4-9-21(19)35-24(22)28-23(29)17(14-27)13-18-10-11-20(34-18)15-6-5-7-16(12-15)25(30)31/h5-7,10-13H,2-4,8-9H2,1H3,(H,28,29)(H,30,31)/b17-13+. The van der Waals surface area contributed by atoms with E-state index in [2.05, 4.69) is 5.32 Å². The number of carbonyl (C=O) groups excluding carboxylic acids is 2. The number of rotatable bonds is 7. The first-order valence-electron chi connectivity index (χ1n) is 11.1. The Hall–Kier alpha value is -4.16. The second kappa shape index (κ2) is 10.4. The zero-order valence-electron chi connectivity index (χ0n) is 18.9. The van der Waals surface area contributed by atoms with Crippen molar-refractivity contribution in [3.63, 3.8) is 0 Å². The first-order valence-corrected chi connectivity index (χ1v) is 11.9. The Balaban J connectivity index is 1.59. The molecule has 1 aliphatic carbocycles. The summed E-state index contributed by atoms with van der Waals surface area (Å²) in [6.45, 7) is 1.94. The fraction of sp³-hybridized carbons (Fsp3) is 0.231. The van der Waals surface area contributed by atoms with Crippen LogP contribution in [0.5, 0.6) is 0 Å². The van der Waals surface area contributed by atoms with Crippen molar-refractivity contribution in [3.05, 3.63) is 69.3 Å². The Bertz CT molecular complexity index is 1370. The van der Waals surface area contributed by atoms with Crippen molar-refractivity contribution in [2.75, 3.05) is 11.9 Å². The van der Waals surface area contributed by atoms with E-state index in [-0.39, 0.29) is 23.5 Å². The Morgan fingerprint density at radius 1 is 1.23 bits per heavy atom. The quantitative estimate of drug-likeness (QED) is 0.261. The highest BCUT2D eigenvalue weighted by molar-refractivity contribution is 7.17. The maximum Gasteiger partial charge on any atom is 0.341 e. The van der Waals surface area contributed by atoms with Gasteiger partial charge in [0.2, 0.25) is 0 Å². The second-order valence-electron chi connectivity index (χ2n) is 7.85. The predicted octanol–water partition coefficient (Wildman–Crippen LogP) is 5.31. The summed E-state index contributed by atoms with van der Waals surface area (Å²) in [6.07, 6.45) is 4.86. The zero-order chi connectivity index (χ0) is 24.9. The lowest BCUT2D eigenvalue weighted by atomic mass is 9.95. The van der Waals surface area contributed by atoms with Crippen molar-refractivity contribution < 1.29 is 28.6 Å². The number of ether oxygens (including phenoxy) is 1. The minimum absolute atomic E-state index is 0.115. The van der Waals surface area contributed by atoms with E-state index in [9.17, 15) is 24.8 Å². The summed E-state index contributed by atoms with van der Waals surface area (Å²) in [7, 11) is 0. The molecule has 2 aromatic heterocycles. The fourth-order valence-electron chi connectivity index (χ4n) is 3.93. The van der Waals surface area contributed by atoms with E-state index in [0.29, 0.717) is 21.9 Å². The van der Waals surface area contributed by atoms with Crippen LogP contribution in [-0.4, -0.2) is 29.6 Å². The number of carboxylic acid groups (broad SMARTS) is 1. The molecule has 35 heavy (non-hydrogen) atoms. The maximum absolute atomic E-state index is 12.9. The summed E-state index contributed by atoms with van der Waals surface area (Å²) in [5.74, 6) is -1.55. The molecule has 0 spiro atoms. The predicted molar refractivity (Wildman–Crippen MR) is 130 cm³/mol. The number of hydrogen-bond donors (Lipinski definition) is 2. The van der Waals surface area contributed by atoms with Crippen molar-refractivity contribution >= 4 is 40.3 Å². The number of benzene rings is 1. The monoisotopic (exact) mass is 490 g/mol. The number of aromatic carboxylic acids is 1. The number of fused-ring (bicyclic) bond motifs is 1. The van der Waals surface area contributed by atoms with Crippen molar-refractivity contribution in [3.8, 4) is 17.4 Å². The van der Waals surface area contributed by atoms with E-state index >= 15 is 0 Å². The van der Waals surface area contributed by atoms with Crippen molar-refractivity contribution in [2.45, 2.75) is 32.6 Å². The number of anilines is 1. The fourth-order valence-corrected chi connectivity index (χ4v) is 5.20. The number of hydrogen-bond acceptors (Lipinski definition) is 7. The Morgan fingerprint density at radius 3 is 2.77 bits per heavy atom. The third-order valence-electron chi connectivity index (χ3n) is 5.55. The lowest BCUT2D eigenvalue weighted by Gasteiger charge is -2.12. The molecule has 9 heteroatoms. The van der Waals surface area contributed by atoms with Gasteiger partial charge in [0.25, 0.3) is 5.91 Å². The van der Waals surface area contributed by atoms with Gasteiger partial charge in [0, 0.05) is 16.5 Å². The van der Waals surface area contributed by atoms with E-state index in [1.54, 1.807) is 31.2 Å².